The molecule has 0 aromatic rings. The van der Waals surface area contributed by atoms with Crippen LogP contribution >= 0.6 is 0 Å². The molecule has 1 saturated heterocycles. The fraction of sp³-hybridized carbons (Fsp3) is 0.769. The first-order valence-corrected chi connectivity index (χ1v) is 13.5. The van der Waals surface area contributed by atoms with Gasteiger partial charge in [0.25, 0.3) is 0 Å². The molecule has 0 aromatic carbocycles. The first-order chi connectivity index (χ1) is 8.72. The third-order valence-electron chi connectivity index (χ3n) is 4.26. The van der Waals surface area contributed by atoms with Crippen LogP contribution in [0.25, 0.3) is 0 Å². The molecule has 2 aliphatic rings. The number of rotatable bonds is 1. The van der Waals surface area contributed by atoms with Gasteiger partial charge in [0, 0.05) is 12.8 Å². The first kappa shape index (κ1) is 14.6. The Kier molecular flexibility index (Phi) is 3.84. The van der Waals surface area contributed by atoms with Gasteiger partial charge in [-0.25, -0.2) is 0 Å². The van der Waals surface area contributed by atoms with Gasteiger partial charge in [-0.05, 0) is 12.1 Å². The largest absolute Gasteiger partial charge is 0.349 e. The Morgan fingerprint density at radius 2 is 1.58 bits per heavy atom. The van der Waals surface area contributed by atoms with E-state index in [4.69, 9.17) is 5.10 Å². The van der Waals surface area contributed by atoms with Crippen LogP contribution in [0, 0.1) is 0 Å². The van der Waals surface area contributed by atoms with E-state index in [2.05, 4.69) is 30.5 Å². The molecular weight excluding hydrogens is 272 g/mol. The molecular formula is C13H24N2O2Si2. The average molecular weight is 297 g/mol. The van der Waals surface area contributed by atoms with Crippen LogP contribution in [0.15, 0.2) is 5.10 Å². The van der Waals surface area contributed by atoms with Crippen molar-refractivity contribution in [3.05, 3.63) is 0 Å². The van der Waals surface area contributed by atoms with E-state index < -0.39 is 16.5 Å². The molecule has 2 rings (SSSR count). The van der Waals surface area contributed by atoms with Crippen LogP contribution in [0.3, 0.4) is 0 Å². The molecule has 19 heavy (non-hydrogen) atoms. The van der Waals surface area contributed by atoms with Crippen LogP contribution in [0.5, 0.6) is 0 Å². The number of Topliss-reactive ketones (excluding diaryl/α,β-unsaturated/α-hetero) is 2. The fourth-order valence-electron chi connectivity index (χ4n) is 3.25. The second-order valence-electron chi connectivity index (χ2n) is 6.98. The number of hydrogen-bond acceptors (Lipinski definition) is 4. The molecule has 1 aliphatic carbocycles. The lowest BCUT2D eigenvalue weighted by Crippen LogP contribution is -2.62. The van der Waals surface area contributed by atoms with E-state index in [9.17, 15) is 9.59 Å². The van der Waals surface area contributed by atoms with Gasteiger partial charge >= 0.3 is 0 Å². The molecule has 4 nitrogen and oxygen atoms in total. The molecule has 0 radical (unpaired) electrons. The zero-order valence-electron chi connectivity index (χ0n) is 12.5. The molecule has 1 saturated carbocycles. The summed E-state index contributed by atoms with van der Waals surface area (Å²) in [5, 5.41) is 4.79. The van der Waals surface area contributed by atoms with Crippen LogP contribution in [0.2, 0.25) is 38.3 Å². The van der Waals surface area contributed by atoms with E-state index in [0.29, 0.717) is 18.6 Å². The van der Waals surface area contributed by atoms with Crippen LogP contribution in [-0.4, -0.2) is 38.1 Å². The van der Waals surface area contributed by atoms with Crippen LogP contribution in [-0.2, 0) is 9.59 Å². The fourth-order valence-corrected chi connectivity index (χ4v) is 14.1. The topological polar surface area (TPSA) is 49.7 Å². The van der Waals surface area contributed by atoms with Crippen LogP contribution in [0.1, 0.15) is 25.7 Å². The summed E-state index contributed by atoms with van der Waals surface area (Å²) in [6, 6.07) is 2.51. The zero-order chi connectivity index (χ0) is 14.3. The van der Waals surface area contributed by atoms with E-state index in [1.54, 1.807) is 0 Å². The zero-order valence-corrected chi connectivity index (χ0v) is 14.5. The first-order valence-electron chi connectivity index (χ1n) is 7.15. The Morgan fingerprint density at radius 3 is 2.11 bits per heavy atom. The molecule has 106 valence electrons. The molecule has 1 aliphatic heterocycles. The maximum absolute atomic E-state index is 12.0. The number of carbonyl (C=O) groups is 2. The van der Waals surface area contributed by atoms with Crippen LogP contribution < -0.4 is 0 Å². The summed E-state index contributed by atoms with van der Waals surface area (Å²) >= 11 is 0. The number of nitrogens with zero attached hydrogens (tertiary/aromatic N) is 2. The van der Waals surface area contributed by atoms with Gasteiger partial charge in [-0.2, -0.15) is 5.10 Å². The lowest BCUT2D eigenvalue weighted by atomic mass is 9.96. The maximum atomic E-state index is 12.0. The number of hydrogen-bond donors (Lipinski definition) is 0. The Bertz CT molecular complexity index is 428. The van der Waals surface area contributed by atoms with E-state index in [1.165, 1.54) is 18.5 Å². The molecule has 0 amide bonds. The third kappa shape index (κ3) is 3.05. The minimum atomic E-state index is -1.52. The predicted octanol–water partition coefficient (Wildman–Crippen LogP) is 2.78. The lowest BCUT2D eigenvalue weighted by Gasteiger charge is -2.49. The Labute approximate surface area is 117 Å². The maximum Gasteiger partial charge on any atom is 0.186 e. The molecule has 0 N–H and O–H groups in total. The molecule has 0 spiro atoms. The summed E-state index contributed by atoms with van der Waals surface area (Å²) in [7, 11) is -3.03. The van der Waals surface area contributed by atoms with Gasteiger partial charge in [-0.1, -0.05) is 32.6 Å². The van der Waals surface area contributed by atoms with Crippen molar-refractivity contribution in [3.63, 3.8) is 0 Å². The van der Waals surface area contributed by atoms with Gasteiger partial charge in [0.1, 0.15) is 11.5 Å². The van der Waals surface area contributed by atoms with Crippen molar-refractivity contribution in [1.29, 1.82) is 0 Å². The summed E-state index contributed by atoms with van der Waals surface area (Å²) in [6.45, 7) is 9.40. The Morgan fingerprint density at radius 1 is 1.00 bits per heavy atom. The highest BCUT2D eigenvalue weighted by Crippen LogP contribution is 2.35. The Balaban J connectivity index is 2.28. The lowest BCUT2D eigenvalue weighted by molar-refractivity contribution is -0.125. The molecule has 2 fully saturated rings. The van der Waals surface area contributed by atoms with Crippen molar-refractivity contribution in [2.24, 2.45) is 5.10 Å². The van der Waals surface area contributed by atoms with Gasteiger partial charge in [0.05, 0.1) is 6.42 Å². The van der Waals surface area contributed by atoms with Gasteiger partial charge < -0.3 is 4.34 Å². The second kappa shape index (κ2) is 4.97. The van der Waals surface area contributed by atoms with E-state index >= 15 is 0 Å². The highest BCUT2D eigenvalue weighted by atomic mass is 28.4. The molecule has 6 heteroatoms. The molecule has 1 heterocycles. The standard InChI is InChI=1S/C13H24N2O2Si2/c1-18(2)8-5-9-19(3,4)15(18)14-12-7-6-11(16)10-13(12)17/h5-10H2,1-4H3. The summed E-state index contributed by atoms with van der Waals surface area (Å²) in [5.74, 6) is 0.0204. The number of hydrazone groups is 1. The molecule has 0 atom stereocenters. The van der Waals surface area contributed by atoms with Crippen LogP contribution in [0.4, 0.5) is 0 Å². The van der Waals surface area contributed by atoms with E-state index in [-0.39, 0.29) is 18.0 Å². The minimum Gasteiger partial charge on any atom is -0.349 e. The number of carbonyl (C=O) groups excluding carboxylic acids is 2. The molecule has 0 bridgehead atoms. The van der Waals surface area contributed by atoms with Gasteiger partial charge in [0.2, 0.25) is 0 Å². The van der Waals surface area contributed by atoms with Crippen molar-refractivity contribution in [3.8, 4) is 0 Å². The van der Waals surface area contributed by atoms with Crippen molar-refractivity contribution >= 4 is 33.7 Å². The predicted molar refractivity (Wildman–Crippen MR) is 82.3 cm³/mol. The van der Waals surface area contributed by atoms with Crippen molar-refractivity contribution in [2.45, 2.75) is 64.0 Å². The van der Waals surface area contributed by atoms with E-state index in [0.717, 1.165) is 0 Å². The molecule has 0 aromatic heterocycles. The average Bonchev–Trinajstić information content (AvgIpc) is 2.25. The summed E-state index contributed by atoms with van der Waals surface area (Å²) < 4.78 is 2.38. The smallest absolute Gasteiger partial charge is 0.186 e. The normalized spacial score (nSPS) is 28.8. The summed E-state index contributed by atoms with van der Waals surface area (Å²) in [6.07, 6.45) is 2.41. The second-order valence-corrected chi connectivity index (χ2v) is 16.5. The van der Waals surface area contributed by atoms with Gasteiger partial charge in [-0.15, -0.1) is 0 Å². The highest BCUT2D eigenvalue weighted by Gasteiger charge is 2.44. The molecule has 0 unspecified atom stereocenters. The Hall–Kier alpha value is -0.756. The quantitative estimate of drug-likeness (QED) is 0.552. The highest BCUT2D eigenvalue weighted by molar-refractivity contribution is 6.91. The van der Waals surface area contributed by atoms with Gasteiger partial charge in [-0.3, -0.25) is 9.59 Å². The summed E-state index contributed by atoms with van der Waals surface area (Å²) in [4.78, 5) is 23.2. The van der Waals surface area contributed by atoms with E-state index in [1.807, 2.05) is 0 Å². The van der Waals surface area contributed by atoms with Crippen molar-refractivity contribution in [2.75, 3.05) is 0 Å². The van der Waals surface area contributed by atoms with Gasteiger partial charge in [0.15, 0.2) is 22.3 Å². The summed E-state index contributed by atoms with van der Waals surface area (Å²) in [5.41, 5.74) is 0.655. The number of ketones is 2. The van der Waals surface area contributed by atoms with Crippen molar-refractivity contribution in [1.82, 2.24) is 4.34 Å². The van der Waals surface area contributed by atoms with Crippen molar-refractivity contribution < 1.29 is 9.59 Å². The monoisotopic (exact) mass is 296 g/mol. The SMILES string of the molecule is C[Si]1(C)CCC[Si](C)(C)N1N=C1CCC(=O)CC1=O. The minimum absolute atomic E-state index is 0.0450. The third-order valence-corrected chi connectivity index (χ3v) is 13.5.